The largest absolute Gasteiger partial charge is 0.480 e. The van der Waals surface area contributed by atoms with Crippen molar-refractivity contribution in [1.82, 2.24) is 6.15 Å². The zero-order valence-corrected chi connectivity index (χ0v) is 10.9. The van der Waals surface area contributed by atoms with Crippen molar-refractivity contribution in [3.63, 3.8) is 0 Å². The number of methoxy groups -OCH3 is 1. The highest BCUT2D eigenvalue weighted by atomic mass is 32.1. The van der Waals surface area contributed by atoms with Crippen LogP contribution in [0.15, 0.2) is 0 Å². The van der Waals surface area contributed by atoms with Gasteiger partial charge in [-0.3, -0.25) is 9.59 Å². The summed E-state index contributed by atoms with van der Waals surface area (Å²) < 4.78 is 4.37. The fraction of sp³-hybridized carbons (Fsp3) is 0.778. The number of nitrogens with two attached hydrogens (primary N) is 1. The summed E-state index contributed by atoms with van der Waals surface area (Å²) in [6.07, 6.45) is 0.429. The smallest absolute Gasteiger partial charge is 0.320 e. The van der Waals surface area contributed by atoms with Gasteiger partial charge in [-0.2, -0.15) is 12.6 Å². The maximum absolute atomic E-state index is 10.3. The van der Waals surface area contributed by atoms with Crippen molar-refractivity contribution < 1.29 is 19.4 Å². The zero-order valence-electron chi connectivity index (χ0n) is 9.97. The van der Waals surface area contributed by atoms with Gasteiger partial charge in [0.05, 0.1) is 13.0 Å². The third-order valence-corrected chi connectivity index (χ3v) is 1.69. The average molecular weight is 254 g/mol. The standard InChI is InChI=1S/C5H10O2.C4H9NO2S.H3N/c1-4(2)5(6)7-3;5-3(1-2-8)4(6)7;/h4H,1-3H3;3,8H,1-2,5H2,(H,6,7);1H3/t;3-;/m.0./s1. The van der Waals surface area contributed by atoms with Gasteiger partial charge in [0.1, 0.15) is 6.04 Å². The second-order valence-electron chi connectivity index (χ2n) is 3.13. The average Bonchev–Trinajstić information content (AvgIpc) is 2.17. The van der Waals surface area contributed by atoms with Crippen molar-refractivity contribution in [2.75, 3.05) is 12.9 Å². The molecule has 1 atom stereocenters. The third kappa shape index (κ3) is 13.2. The molecular formula is C9H22N2O4S. The molecule has 0 rings (SSSR count). The molecule has 0 aromatic carbocycles. The maximum atomic E-state index is 10.3. The maximum Gasteiger partial charge on any atom is 0.320 e. The van der Waals surface area contributed by atoms with E-state index in [2.05, 4.69) is 17.4 Å². The molecule has 6 N–H and O–H groups in total. The van der Waals surface area contributed by atoms with Crippen LogP contribution in [0.25, 0.3) is 0 Å². The van der Waals surface area contributed by atoms with Crippen LogP contribution in [0.1, 0.15) is 20.3 Å². The molecule has 0 amide bonds. The van der Waals surface area contributed by atoms with Gasteiger partial charge >= 0.3 is 11.9 Å². The van der Waals surface area contributed by atoms with E-state index in [1.165, 1.54) is 7.11 Å². The first-order valence-corrected chi connectivity index (χ1v) is 5.17. The Balaban J connectivity index is -0.000000200. The molecule has 0 bridgehead atoms. The van der Waals surface area contributed by atoms with Gasteiger partial charge in [-0.05, 0) is 12.2 Å². The van der Waals surface area contributed by atoms with Crippen LogP contribution >= 0.6 is 12.6 Å². The van der Waals surface area contributed by atoms with Crippen molar-refractivity contribution in [2.45, 2.75) is 26.3 Å². The van der Waals surface area contributed by atoms with E-state index >= 15 is 0 Å². The van der Waals surface area contributed by atoms with E-state index in [0.29, 0.717) is 12.2 Å². The number of carboxylic acids is 1. The van der Waals surface area contributed by atoms with Crippen molar-refractivity contribution in [3.8, 4) is 0 Å². The lowest BCUT2D eigenvalue weighted by molar-refractivity contribution is -0.144. The first-order valence-electron chi connectivity index (χ1n) is 4.53. The minimum atomic E-state index is -0.959. The Kier molecular flexibility index (Phi) is 15.8. The molecule has 16 heavy (non-hydrogen) atoms. The Morgan fingerprint density at radius 3 is 1.94 bits per heavy atom. The van der Waals surface area contributed by atoms with E-state index in [4.69, 9.17) is 10.8 Å². The molecule has 0 spiro atoms. The number of aliphatic carboxylic acids is 1. The number of esters is 1. The van der Waals surface area contributed by atoms with Gasteiger partial charge in [-0.25, -0.2) is 0 Å². The molecule has 98 valence electrons. The molecule has 0 aliphatic heterocycles. The van der Waals surface area contributed by atoms with Crippen LogP contribution in [0.5, 0.6) is 0 Å². The Hall–Kier alpha value is -0.790. The van der Waals surface area contributed by atoms with Gasteiger partial charge in [0.2, 0.25) is 0 Å². The second-order valence-corrected chi connectivity index (χ2v) is 3.58. The summed E-state index contributed by atoms with van der Waals surface area (Å²) in [6, 6.07) is -0.743. The van der Waals surface area contributed by atoms with Gasteiger partial charge in [-0.15, -0.1) is 0 Å². The number of hydrogen-bond acceptors (Lipinski definition) is 6. The van der Waals surface area contributed by atoms with Crippen LogP contribution in [0.3, 0.4) is 0 Å². The van der Waals surface area contributed by atoms with Crippen molar-refractivity contribution in [1.29, 1.82) is 0 Å². The van der Waals surface area contributed by atoms with Crippen LogP contribution < -0.4 is 11.9 Å². The molecule has 0 aliphatic carbocycles. The molecular weight excluding hydrogens is 232 g/mol. The molecule has 0 aromatic heterocycles. The van der Waals surface area contributed by atoms with Crippen LogP contribution in [0, 0.1) is 5.92 Å². The molecule has 0 fully saturated rings. The quantitative estimate of drug-likeness (QED) is 0.432. The van der Waals surface area contributed by atoms with E-state index < -0.39 is 12.0 Å². The highest BCUT2D eigenvalue weighted by Crippen LogP contribution is 1.92. The van der Waals surface area contributed by atoms with E-state index in [0.717, 1.165) is 0 Å². The third-order valence-electron chi connectivity index (χ3n) is 1.43. The molecule has 0 unspecified atom stereocenters. The number of ether oxygens (including phenoxy) is 1. The van der Waals surface area contributed by atoms with E-state index in [-0.39, 0.29) is 18.0 Å². The van der Waals surface area contributed by atoms with Crippen molar-refractivity contribution in [3.05, 3.63) is 0 Å². The fourth-order valence-corrected chi connectivity index (χ4v) is 0.776. The normalized spacial score (nSPS) is 10.6. The SMILES string of the molecule is COC(=O)C(C)C.N.N[C@@H](CCS)C(=O)O. The Bertz CT molecular complexity index is 200. The first-order chi connectivity index (χ1) is 6.86. The molecule has 0 heterocycles. The summed E-state index contributed by atoms with van der Waals surface area (Å²) in [5.74, 6) is -0.586. The molecule has 0 saturated carbocycles. The summed E-state index contributed by atoms with van der Waals surface area (Å²) in [6.45, 7) is 3.59. The molecule has 6 nitrogen and oxygen atoms in total. The lowest BCUT2D eigenvalue weighted by Gasteiger charge is -2.00. The lowest BCUT2D eigenvalue weighted by atomic mass is 10.2. The number of thiol groups is 1. The molecule has 0 aromatic rings. The first kappa shape index (κ1) is 20.6. The Morgan fingerprint density at radius 1 is 1.44 bits per heavy atom. The summed E-state index contributed by atoms with van der Waals surface area (Å²) in [7, 11) is 1.39. The number of carboxylic acid groups (broad SMARTS) is 1. The minimum Gasteiger partial charge on any atom is -0.480 e. The summed E-state index contributed by atoms with van der Waals surface area (Å²) >= 11 is 3.81. The summed E-state index contributed by atoms with van der Waals surface area (Å²) in [4.78, 5) is 20.2. The van der Waals surface area contributed by atoms with Gasteiger partial charge in [0.25, 0.3) is 0 Å². The molecule has 7 heteroatoms. The molecule has 0 radical (unpaired) electrons. The predicted octanol–water partition coefficient (Wildman–Crippen LogP) is 0.696. The van der Waals surface area contributed by atoms with E-state index in [1.54, 1.807) is 13.8 Å². The zero-order chi connectivity index (χ0) is 12.4. The number of carbonyl (C=O) groups excluding carboxylic acids is 1. The summed E-state index contributed by atoms with van der Waals surface area (Å²) in [5.41, 5.74) is 5.08. The van der Waals surface area contributed by atoms with Crippen LogP contribution in [-0.2, 0) is 14.3 Å². The van der Waals surface area contributed by atoms with E-state index in [9.17, 15) is 9.59 Å². The minimum absolute atomic E-state index is 0. The van der Waals surface area contributed by atoms with Crippen molar-refractivity contribution in [2.24, 2.45) is 11.7 Å². The number of rotatable bonds is 4. The fourth-order valence-electron chi connectivity index (χ4n) is 0.498. The molecule has 0 saturated heterocycles. The second kappa shape index (κ2) is 12.3. The highest BCUT2D eigenvalue weighted by Gasteiger charge is 2.08. The van der Waals surface area contributed by atoms with Gasteiger partial charge in [-0.1, -0.05) is 13.8 Å². The lowest BCUT2D eigenvalue weighted by Crippen LogP contribution is -2.30. The number of hydrogen-bond donors (Lipinski definition) is 4. The van der Waals surface area contributed by atoms with Crippen LogP contribution in [0.4, 0.5) is 0 Å². The van der Waals surface area contributed by atoms with Crippen LogP contribution in [-0.4, -0.2) is 35.9 Å². The van der Waals surface area contributed by atoms with Gasteiger partial charge in [0, 0.05) is 0 Å². The van der Waals surface area contributed by atoms with Gasteiger partial charge in [0.15, 0.2) is 0 Å². The number of carbonyl (C=O) groups is 2. The molecule has 0 aliphatic rings. The topological polar surface area (TPSA) is 125 Å². The van der Waals surface area contributed by atoms with Crippen molar-refractivity contribution >= 4 is 24.6 Å². The predicted molar refractivity (Wildman–Crippen MR) is 66.0 cm³/mol. The van der Waals surface area contributed by atoms with E-state index in [1.807, 2.05) is 0 Å². The Morgan fingerprint density at radius 2 is 1.88 bits per heavy atom. The van der Waals surface area contributed by atoms with Crippen LogP contribution in [0.2, 0.25) is 0 Å². The highest BCUT2D eigenvalue weighted by molar-refractivity contribution is 7.80. The monoisotopic (exact) mass is 254 g/mol. The summed E-state index contributed by atoms with van der Waals surface area (Å²) in [5, 5.41) is 8.15. The van der Waals surface area contributed by atoms with Gasteiger partial charge < -0.3 is 21.7 Å². The Labute approximate surface area is 102 Å².